The first kappa shape index (κ1) is 3.53. The van der Waals surface area contributed by atoms with Crippen LogP contribution in [-0.4, -0.2) is 11.7 Å². The van der Waals surface area contributed by atoms with Gasteiger partial charge in [-0.25, -0.2) is 0 Å². The fourth-order valence-corrected chi connectivity index (χ4v) is 0.322. The topological polar surface area (TPSA) is 29.5 Å². The van der Waals surface area contributed by atoms with Crippen LogP contribution >= 0.6 is 0 Å². The molecule has 2 nitrogen and oxygen atoms in total. The lowest BCUT2D eigenvalue weighted by Crippen LogP contribution is -2.07. The predicted octanol–water partition coefficient (Wildman–Crippen LogP) is 0.806. The van der Waals surface area contributed by atoms with E-state index in [1.807, 2.05) is 0 Å². The molecule has 6 heavy (non-hydrogen) atoms. The smallest absolute Gasteiger partial charge is 0.133 e. The molecule has 1 heterocycles. The van der Waals surface area contributed by atoms with Gasteiger partial charge in [0.1, 0.15) is 12.0 Å². The van der Waals surface area contributed by atoms with Crippen molar-refractivity contribution in [3.63, 3.8) is 0 Å². The van der Waals surface area contributed by atoms with Crippen LogP contribution < -0.4 is 0 Å². The minimum atomic E-state index is 0.704. The lowest BCUT2D eigenvalue weighted by molar-refractivity contribution is 0.108. The molecule has 0 aliphatic carbocycles. The van der Waals surface area contributed by atoms with Crippen molar-refractivity contribution in [2.24, 2.45) is 0 Å². The fourth-order valence-electron chi connectivity index (χ4n) is 0.322. The van der Waals surface area contributed by atoms with E-state index >= 15 is 0 Å². The highest BCUT2D eigenvalue weighted by atomic mass is 16.5. The molecule has 1 N–H and O–H groups in total. The van der Waals surface area contributed by atoms with Gasteiger partial charge in [-0.2, -0.15) is 0 Å². The van der Waals surface area contributed by atoms with Crippen LogP contribution in [0.3, 0.4) is 0 Å². The molecular weight excluding hydrogens is 80.0 g/mol. The van der Waals surface area contributed by atoms with E-state index in [0.29, 0.717) is 5.76 Å². The van der Waals surface area contributed by atoms with Crippen LogP contribution in [0, 0.1) is 0 Å². The van der Waals surface area contributed by atoms with Gasteiger partial charge in [-0.3, -0.25) is 0 Å². The largest absolute Gasteiger partial charge is 0.512 e. The molecule has 1 fully saturated rings. The minimum absolute atomic E-state index is 0.704. The quantitative estimate of drug-likeness (QED) is 0.442. The summed E-state index contributed by atoms with van der Waals surface area (Å²) in [5.41, 5.74) is 0. The highest BCUT2D eigenvalue weighted by Crippen LogP contribution is 2.12. The molecule has 0 atom stereocenters. The van der Waals surface area contributed by atoms with Crippen LogP contribution in [0.25, 0.3) is 0 Å². The van der Waals surface area contributed by atoms with E-state index in [1.165, 1.54) is 0 Å². The molecule has 0 amide bonds. The van der Waals surface area contributed by atoms with E-state index in [9.17, 15) is 0 Å². The molecule has 1 saturated heterocycles. The van der Waals surface area contributed by atoms with E-state index in [2.05, 4.69) is 0 Å². The zero-order chi connectivity index (χ0) is 4.41. The Morgan fingerprint density at radius 3 is 2.50 bits per heavy atom. The van der Waals surface area contributed by atoms with Crippen molar-refractivity contribution >= 4 is 0 Å². The first-order valence-electron chi connectivity index (χ1n) is 1.89. The maximum absolute atomic E-state index is 8.10. The number of rotatable bonds is 0. The molecule has 0 radical (unpaired) electrons. The summed E-state index contributed by atoms with van der Waals surface area (Å²) in [6.45, 7) is 0.770. The first-order chi connectivity index (χ1) is 2.93. The van der Waals surface area contributed by atoms with Crippen LogP contribution in [-0.2, 0) is 4.74 Å². The van der Waals surface area contributed by atoms with Gasteiger partial charge < -0.3 is 9.84 Å². The Labute approximate surface area is 36.0 Å². The molecule has 0 aromatic carbocycles. The van der Waals surface area contributed by atoms with Gasteiger partial charge in [0.05, 0.1) is 6.61 Å². The van der Waals surface area contributed by atoms with Crippen molar-refractivity contribution in [2.75, 3.05) is 6.61 Å². The predicted molar refractivity (Wildman–Crippen MR) is 21.3 cm³/mol. The van der Waals surface area contributed by atoms with Gasteiger partial charge in [-0.15, -0.1) is 0 Å². The summed E-state index contributed by atoms with van der Waals surface area (Å²) in [6, 6.07) is 0. The Balaban J connectivity index is 2.34. The van der Waals surface area contributed by atoms with Crippen molar-refractivity contribution in [1.29, 1.82) is 0 Å². The van der Waals surface area contributed by atoms with Crippen LogP contribution in [0.1, 0.15) is 6.42 Å². The lowest BCUT2D eigenvalue weighted by Gasteiger charge is -2.16. The normalized spacial score (nSPS) is 25.7. The fraction of sp³-hybridized carbons (Fsp3) is 0.500. The van der Waals surface area contributed by atoms with Gasteiger partial charge in [-0.05, 0) is 0 Å². The summed E-state index contributed by atoms with van der Waals surface area (Å²) >= 11 is 0. The van der Waals surface area contributed by atoms with Crippen LogP contribution in [0.15, 0.2) is 12.0 Å². The number of hydrogen-bond donors (Lipinski definition) is 1. The third-order valence-electron chi connectivity index (χ3n) is 0.780. The van der Waals surface area contributed by atoms with Gasteiger partial charge >= 0.3 is 0 Å². The second kappa shape index (κ2) is 1.20. The van der Waals surface area contributed by atoms with Gasteiger partial charge in [0, 0.05) is 6.42 Å². The minimum Gasteiger partial charge on any atom is -0.512 e. The molecule has 0 aromatic heterocycles. The maximum atomic E-state index is 8.10. The molecular formula is C4H6O2. The third kappa shape index (κ3) is 0.339. The van der Waals surface area contributed by atoms with Gasteiger partial charge in [-0.1, -0.05) is 0 Å². The number of hydrogen-bond acceptors (Lipinski definition) is 2. The lowest BCUT2D eigenvalue weighted by atomic mass is 10.3. The van der Waals surface area contributed by atoms with E-state index < -0.39 is 0 Å². The Kier molecular flexibility index (Phi) is 0.708. The zero-order valence-corrected chi connectivity index (χ0v) is 3.35. The summed E-state index contributed by atoms with van der Waals surface area (Å²) < 4.78 is 4.69. The van der Waals surface area contributed by atoms with Crippen molar-refractivity contribution in [1.82, 2.24) is 0 Å². The highest BCUT2D eigenvalue weighted by molar-refractivity contribution is 4.92. The first-order valence-corrected chi connectivity index (χ1v) is 1.89. The van der Waals surface area contributed by atoms with Gasteiger partial charge in [0.15, 0.2) is 0 Å². The van der Waals surface area contributed by atoms with Gasteiger partial charge in [0.25, 0.3) is 0 Å². The van der Waals surface area contributed by atoms with Gasteiger partial charge in [0.2, 0.25) is 0 Å². The Hall–Kier alpha value is -0.660. The average Bonchev–Trinajstić information content (AvgIpc) is 1.31. The van der Waals surface area contributed by atoms with Crippen molar-refractivity contribution < 1.29 is 9.84 Å². The van der Waals surface area contributed by atoms with Crippen molar-refractivity contribution in [3.8, 4) is 0 Å². The molecule has 0 bridgehead atoms. The molecule has 1 aliphatic rings. The Morgan fingerprint density at radius 1 is 1.83 bits per heavy atom. The van der Waals surface area contributed by atoms with E-state index in [1.54, 1.807) is 0 Å². The highest BCUT2D eigenvalue weighted by Gasteiger charge is 2.07. The van der Waals surface area contributed by atoms with Crippen molar-refractivity contribution in [2.45, 2.75) is 6.42 Å². The monoisotopic (exact) mass is 86.0 g/mol. The summed E-state index contributed by atoms with van der Waals surface area (Å²) in [5.74, 6) is 0.704. The van der Waals surface area contributed by atoms with E-state index in [-0.39, 0.29) is 0 Å². The molecule has 0 spiro atoms. The second-order valence-corrected chi connectivity index (χ2v) is 1.19. The molecule has 0 aromatic rings. The Morgan fingerprint density at radius 2 is 2.50 bits per heavy atom. The van der Waals surface area contributed by atoms with E-state index in [4.69, 9.17) is 9.84 Å². The standard InChI is InChI=1S/C4H6O2/c5-3-4-1-2-6-4/h3,5H,1-2H2/b4-3-. The van der Waals surface area contributed by atoms with Crippen LogP contribution in [0.2, 0.25) is 0 Å². The zero-order valence-electron chi connectivity index (χ0n) is 3.35. The summed E-state index contributed by atoms with van der Waals surface area (Å²) in [5, 5.41) is 8.10. The van der Waals surface area contributed by atoms with Crippen LogP contribution in [0.5, 0.6) is 0 Å². The molecule has 1 rings (SSSR count). The maximum Gasteiger partial charge on any atom is 0.133 e. The summed E-state index contributed by atoms with van der Waals surface area (Å²) in [7, 11) is 0. The van der Waals surface area contributed by atoms with E-state index in [0.717, 1.165) is 19.3 Å². The SMILES string of the molecule is O/C=C1/CCO1. The van der Waals surface area contributed by atoms with Crippen molar-refractivity contribution in [3.05, 3.63) is 12.0 Å². The molecule has 2 heteroatoms. The molecule has 1 aliphatic heterocycles. The second-order valence-electron chi connectivity index (χ2n) is 1.19. The molecule has 0 unspecified atom stereocenters. The third-order valence-corrected chi connectivity index (χ3v) is 0.780. The summed E-state index contributed by atoms with van der Waals surface area (Å²) in [6.07, 6.45) is 1.90. The Bertz CT molecular complexity index is 69.6. The van der Waals surface area contributed by atoms with Crippen LogP contribution in [0.4, 0.5) is 0 Å². The number of aliphatic hydroxyl groups is 1. The molecule has 34 valence electrons. The average molecular weight is 86.1 g/mol. The summed E-state index contributed by atoms with van der Waals surface area (Å²) in [4.78, 5) is 0. The molecule has 0 saturated carbocycles. The number of ether oxygens (including phenoxy) is 1. The number of aliphatic hydroxyl groups excluding tert-OH is 1.